The van der Waals surface area contributed by atoms with Gasteiger partial charge in [0, 0.05) is 36.5 Å². The van der Waals surface area contributed by atoms with E-state index >= 15 is 0 Å². The highest BCUT2D eigenvalue weighted by Gasteiger charge is 2.30. The molecule has 0 spiro atoms. The van der Waals surface area contributed by atoms with Crippen LogP contribution < -0.4 is 5.32 Å². The Labute approximate surface area is 137 Å². The summed E-state index contributed by atoms with van der Waals surface area (Å²) in [6.45, 7) is 1.16. The van der Waals surface area contributed by atoms with E-state index in [9.17, 15) is 18.0 Å². The van der Waals surface area contributed by atoms with Gasteiger partial charge in [-0.25, -0.2) is 0 Å². The summed E-state index contributed by atoms with van der Waals surface area (Å²) >= 11 is 0. The SMILES string of the molecule is O=C(NCCCn1nccc1C1CC1)c1ccc(C(F)(F)F)cc1. The van der Waals surface area contributed by atoms with Crippen molar-refractivity contribution in [1.29, 1.82) is 0 Å². The molecule has 24 heavy (non-hydrogen) atoms. The zero-order valence-electron chi connectivity index (χ0n) is 13.0. The van der Waals surface area contributed by atoms with Crippen molar-refractivity contribution in [3.63, 3.8) is 0 Å². The van der Waals surface area contributed by atoms with Crippen molar-refractivity contribution < 1.29 is 18.0 Å². The van der Waals surface area contributed by atoms with Crippen LogP contribution in [-0.4, -0.2) is 22.2 Å². The molecule has 0 bridgehead atoms. The van der Waals surface area contributed by atoms with E-state index in [4.69, 9.17) is 0 Å². The van der Waals surface area contributed by atoms with Crippen molar-refractivity contribution in [1.82, 2.24) is 15.1 Å². The fourth-order valence-corrected chi connectivity index (χ4v) is 2.60. The van der Waals surface area contributed by atoms with Crippen molar-refractivity contribution in [2.75, 3.05) is 6.54 Å². The molecule has 1 fully saturated rings. The van der Waals surface area contributed by atoms with Gasteiger partial charge >= 0.3 is 6.18 Å². The summed E-state index contributed by atoms with van der Waals surface area (Å²) in [4.78, 5) is 11.9. The average Bonchev–Trinajstić information content (AvgIpc) is 3.29. The Kier molecular flexibility index (Phi) is 4.59. The van der Waals surface area contributed by atoms with Gasteiger partial charge in [0.1, 0.15) is 0 Å². The Morgan fingerprint density at radius 3 is 2.54 bits per heavy atom. The topological polar surface area (TPSA) is 46.9 Å². The van der Waals surface area contributed by atoms with Crippen molar-refractivity contribution in [2.45, 2.75) is 37.9 Å². The first-order chi connectivity index (χ1) is 11.4. The number of aromatic nitrogens is 2. The third kappa shape index (κ3) is 3.96. The number of nitrogens with one attached hydrogen (secondary N) is 1. The van der Waals surface area contributed by atoms with Crippen LogP contribution in [0.15, 0.2) is 36.5 Å². The number of rotatable bonds is 6. The molecule has 0 aliphatic heterocycles. The lowest BCUT2D eigenvalue weighted by molar-refractivity contribution is -0.137. The van der Waals surface area contributed by atoms with Gasteiger partial charge in [0.05, 0.1) is 5.56 Å². The molecule has 7 heteroatoms. The van der Waals surface area contributed by atoms with Gasteiger partial charge in [-0.15, -0.1) is 0 Å². The van der Waals surface area contributed by atoms with Crippen LogP contribution in [0, 0.1) is 0 Å². The van der Waals surface area contributed by atoms with Gasteiger partial charge in [-0.2, -0.15) is 18.3 Å². The molecule has 1 saturated carbocycles. The molecule has 4 nitrogen and oxygen atoms in total. The first-order valence-corrected chi connectivity index (χ1v) is 7.92. The molecule has 0 saturated heterocycles. The maximum absolute atomic E-state index is 12.5. The van der Waals surface area contributed by atoms with Gasteiger partial charge in [0.25, 0.3) is 5.91 Å². The lowest BCUT2D eigenvalue weighted by Crippen LogP contribution is -2.25. The Balaban J connectivity index is 1.46. The van der Waals surface area contributed by atoms with Crippen molar-refractivity contribution >= 4 is 5.91 Å². The molecule has 1 aromatic carbocycles. The minimum absolute atomic E-state index is 0.223. The zero-order chi connectivity index (χ0) is 17.2. The lowest BCUT2D eigenvalue weighted by atomic mass is 10.1. The quantitative estimate of drug-likeness (QED) is 0.819. The molecule has 1 aromatic heterocycles. The summed E-state index contributed by atoms with van der Waals surface area (Å²) in [5.74, 6) is 0.251. The monoisotopic (exact) mass is 337 g/mol. The molecular formula is C17H18F3N3O. The fraction of sp³-hybridized carbons (Fsp3) is 0.412. The lowest BCUT2D eigenvalue weighted by Gasteiger charge is -2.09. The number of aryl methyl sites for hydroxylation is 1. The second kappa shape index (κ2) is 6.67. The number of hydrogen-bond donors (Lipinski definition) is 1. The van der Waals surface area contributed by atoms with Crippen molar-refractivity contribution in [3.05, 3.63) is 53.3 Å². The van der Waals surface area contributed by atoms with Gasteiger partial charge in [-0.1, -0.05) is 0 Å². The van der Waals surface area contributed by atoms with Crippen LogP contribution in [-0.2, 0) is 12.7 Å². The Morgan fingerprint density at radius 2 is 1.92 bits per heavy atom. The first-order valence-electron chi connectivity index (χ1n) is 7.92. The van der Waals surface area contributed by atoms with E-state index in [1.165, 1.54) is 30.7 Å². The number of hydrogen-bond acceptors (Lipinski definition) is 2. The molecule has 1 aliphatic rings. The molecule has 0 unspecified atom stereocenters. The highest BCUT2D eigenvalue weighted by Crippen LogP contribution is 2.39. The number of nitrogens with zero attached hydrogens (tertiary/aromatic N) is 2. The van der Waals surface area contributed by atoms with E-state index in [1.54, 1.807) is 6.20 Å². The van der Waals surface area contributed by atoms with E-state index < -0.39 is 11.7 Å². The number of amides is 1. The molecule has 128 valence electrons. The third-order valence-electron chi connectivity index (χ3n) is 4.05. The molecule has 0 atom stereocenters. The normalized spacial score (nSPS) is 14.6. The predicted octanol–water partition coefficient (Wildman–Crippen LogP) is 3.60. The second-order valence-electron chi connectivity index (χ2n) is 5.94. The van der Waals surface area contributed by atoms with Gasteiger partial charge in [0.15, 0.2) is 0 Å². The van der Waals surface area contributed by atoms with Crippen LogP contribution >= 0.6 is 0 Å². The Hall–Kier alpha value is -2.31. The molecule has 1 amide bonds. The molecule has 1 N–H and O–H groups in total. The largest absolute Gasteiger partial charge is 0.416 e. The molecule has 3 rings (SSSR count). The summed E-state index contributed by atoms with van der Waals surface area (Å²) in [5, 5.41) is 7.00. The Morgan fingerprint density at radius 1 is 1.21 bits per heavy atom. The summed E-state index contributed by atoms with van der Waals surface area (Å²) in [7, 11) is 0. The standard InChI is InChI=1S/C17H18F3N3O/c18-17(19,20)14-6-4-13(5-7-14)16(24)21-9-1-11-23-15(8-10-22-23)12-2-3-12/h4-8,10,12H,1-3,9,11H2,(H,21,24). The predicted molar refractivity (Wildman–Crippen MR) is 82.6 cm³/mol. The van der Waals surface area contributed by atoms with E-state index in [0.29, 0.717) is 25.4 Å². The summed E-state index contributed by atoms with van der Waals surface area (Å²) in [6, 6.07) is 6.24. The summed E-state index contributed by atoms with van der Waals surface area (Å²) in [6.07, 6.45) is 0.521. The Bertz CT molecular complexity index is 703. The molecular weight excluding hydrogens is 319 g/mol. The minimum Gasteiger partial charge on any atom is -0.352 e. The van der Waals surface area contributed by atoms with Gasteiger partial charge in [-0.3, -0.25) is 9.48 Å². The van der Waals surface area contributed by atoms with Crippen LogP contribution in [0.2, 0.25) is 0 Å². The van der Waals surface area contributed by atoms with Gasteiger partial charge < -0.3 is 5.32 Å². The third-order valence-corrected chi connectivity index (χ3v) is 4.05. The number of alkyl halides is 3. The van der Waals surface area contributed by atoms with E-state index in [2.05, 4.69) is 10.4 Å². The van der Waals surface area contributed by atoms with Crippen molar-refractivity contribution in [3.8, 4) is 0 Å². The van der Waals surface area contributed by atoms with Crippen LogP contribution in [0.25, 0.3) is 0 Å². The molecule has 0 radical (unpaired) electrons. The molecule has 1 aliphatic carbocycles. The summed E-state index contributed by atoms with van der Waals surface area (Å²) in [5.41, 5.74) is 0.704. The molecule has 1 heterocycles. The highest BCUT2D eigenvalue weighted by molar-refractivity contribution is 5.94. The second-order valence-corrected chi connectivity index (χ2v) is 5.94. The zero-order valence-corrected chi connectivity index (χ0v) is 13.0. The number of carbonyl (C=O) groups excluding carboxylic acids is 1. The highest BCUT2D eigenvalue weighted by atomic mass is 19.4. The number of benzene rings is 1. The van der Waals surface area contributed by atoms with Crippen LogP contribution in [0.1, 0.15) is 46.8 Å². The van der Waals surface area contributed by atoms with E-state index in [1.807, 2.05) is 10.7 Å². The minimum atomic E-state index is -4.39. The van der Waals surface area contributed by atoms with Crippen LogP contribution in [0.5, 0.6) is 0 Å². The fourth-order valence-electron chi connectivity index (χ4n) is 2.60. The van der Waals surface area contributed by atoms with Gasteiger partial charge in [0.2, 0.25) is 0 Å². The molecule has 2 aromatic rings. The van der Waals surface area contributed by atoms with Crippen LogP contribution in [0.3, 0.4) is 0 Å². The smallest absolute Gasteiger partial charge is 0.352 e. The van der Waals surface area contributed by atoms with Gasteiger partial charge in [-0.05, 0) is 49.6 Å². The van der Waals surface area contributed by atoms with Crippen LogP contribution in [0.4, 0.5) is 13.2 Å². The average molecular weight is 337 g/mol. The summed E-state index contributed by atoms with van der Waals surface area (Å²) < 4.78 is 39.4. The van der Waals surface area contributed by atoms with Crippen molar-refractivity contribution in [2.24, 2.45) is 0 Å². The number of halogens is 3. The maximum atomic E-state index is 12.5. The van der Waals surface area contributed by atoms with E-state index in [-0.39, 0.29) is 11.5 Å². The first kappa shape index (κ1) is 16.5. The van der Waals surface area contributed by atoms with E-state index in [0.717, 1.165) is 12.1 Å². The maximum Gasteiger partial charge on any atom is 0.416 e. The number of carbonyl (C=O) groups is 1.